The minimum atomic E-state index is -0.279. The number of amides is 1. The van der Waals surface area contributed by atoms with Crippen LogP contribution in [0, 0.1) is 0 Å². The minimum absolute atomic E-state index is 0.0132. The lowest BCUT2D eigenvalue weighted by Gasteiger charge is -2.15. The molecule has 1 heterocycles. The molecule has 0 fully saturated rings. The van der Waals surface area contributed by atoms with Crippen molar-refractivity contribution in [2.24, 2.45) is 0 Å². The lowest BCUT2D eigenvalue weighted by Crippen LogP contribution is -2.35. The van der Waals surface area contributed by atoms with E-state index in [0.29, 0.717) is 22.2 Å². The maximum Gasteiger partial charge on any atom is 0.268 e. The van der Waals surface area contributed by atoms with Gasteiger partial charge in [-0.15, -0.1) is 6.58 Å². The average Bonchev–Trinajstić information content (AvgIpc) is 2.48. The zero-order valence-corrected chi connectivity index (χ0v) is 13.1. The molecule has 116 valence electrons. The fraction of sp³-hybridized carbons (Fsp3) is 0.294. The monoisotopic (exact) mass is 300 g/mol. The molecule has 5 heteroatoms. The highest BCUT2D eigenvalue weighted by Gasteiger charge is 2.16. The summed E-state index contributed by atoms with van der Waals surface area (Å²) >= 11 is 0. The Kier molecular flexibility index (Phi) is 4.65. The molecule has 2 rings (SSSR count). The number of rotatable bonds is 5. The Labute approximate surface area is 129 Å². The number of hydrogen-bond acceptors (Lipinski definition) is 3. The van der Waals surface area contributed by atoms with Crippen LogP contribution in [-0.4, -0.2) is 23.6 Å². The summed E-state index contributed by atoms with van der Waals surface area (Å²) in [6, 6.07) is 6.89. The quantitative estimate of drug-likeness (QED) is 0.862. The van der Waals surface area contributed by atoms with Crippen LogP contribution in [0.4, 0.5) is 0 Å². The van der Waals surface area contributed by atoms with Crippen LogP contribution in [0.25, 0.3) is 10.8 Å². The molecule has 1 amide bonds. The highest BCUT2D eigenvalue weighted by atomic mass is 16.5. The highest BCUT2D eigenvalue weighted by molar-refractivity contribution is 5.97. The fourth-order valence-corrected chi connectivity index (χ4v) is 2.30. The third-order valence-electron chi connectivity index (χ3n) is 3.28. The average molecular weight is 300 g/mol. The maximum atomic E-state index is 12.6. The molecule has 1 N–H and O–H groups in total. The standard InChI is InChI=1S/C17H20N2O3/c1-5-8-19-15(16(20)18-11(2)3)10-12-9-13(22-4)6-7-14(12)17(19)21/h5-7,9-11H,1,8H2,2-4H3,(H,18,20). The van der Waals surface area contributed by atoms with Gasteiger partial charge in [0.2, 0.25) is 0 Å². The summed E-state index contributed by atoms with van der Waals surface area (Å²) in [5.74, 6) is 0.363. The predicted molar refractivity (Wildman–Crippen MR) is 87.6 cm³/mol. The number of methoxy groups -OCH3 is 1. The largest absolute Gasteiger partial charge is 0.497 e. The molecule has 0 radical (unpaired) electrons. The van der Waals surface area contributed by atoms with E-state index in [1.807, 2.05) is 13.8 Å². The first kappa shape index (κ1) is 15.8. The molecule has 0 spiro atoms. The fourth-order valence-electron chi connectivity index (χ4n) is 2.30. The summed E-state index contributed by atoms with van der Waals surface area (Å²) in [6.07, 6.45) is 1.60. The van der Waals surface area contributed by atoms with Crippen LogP contribution in [0.15, 0.2) is 41.7 Å². The maximum absolute atomic E-state index is 12.6. The molecule has 2 aromatic rings. The predicted octanol–water partition coefficient (Wildman–Crippen LogP) is 2.33. The van der Waals surface area contributed by atoms with Crippen LogP contribution in [0.2, 0.25) is 0 Å². The van der Waals surface area contributed by atoms with E-state index in [1.54, 1.807) is 37.5 Å². The van der Waals surface area contributed by atoms with Crippen molar-refractivity contribution in [1.29, 1.82) is 0 Å². The second kappa shape index (κ2) is 6.47. The number of nitrogens with one attached hydrogen (secondary N) is 1. The van der Waals surface area contributed by atoms with E-state index >= 15 is 0 Å². The van der Waals surface area contributed by atoms with E-state index in [4.69, 9.17) is 4.74 Å². The van der Waals surface area contributed by atoms with Crippen LogP contribution in [-0.2, 0) is 6.54 Å². The van der Waals surface area contributed by atoms with Gasteiger partial charge in [-0.3, -0.25) is 14.2 Å². The van der Waals surface area contributed by atoms with Gasteiger partial charge in [0.25, 0.3) is 11.5 Å². The second-order valence-corrected chi connectivity index (χ2v) is 5.32. The molecular weight excluding hydrogens is 280 g/mol. The Hall–Kier alpha value is -2.56. The van der Waals surface area contributed by atoms with E-state index in [0.717, 1.165) is 0 Å². The molecule has 22 heavy (non-hydrogen) atoms. The summed E-state index contributed by atoms with van der Waals surface area (Å²) in [5, 5.41) is 4.04. The number of pyridine rings is 1. The van der Waals surface area contributed by atoms with Crippen molar-refractivity contribution >= 4 is 16.7 Å². The molecule has 0 saturated heterocycles. The van der Waals surface area contributed by atoms with Crippen molar-refractivity contribution in [3.05, 3.63) is 53.0 Å². The van der Waals surface area contributed by atoms with Crippen molar-refractivity contribution in [2.75, 3.05) is 7.11 Å². The number of hydrogen-bond donors (Lipinski definition) is 1. The molecule has 1 aromatic heterocycles. The molecule has 0 bridgehead atoms. The Morgan fingerprint density at radius 2 is 2.14 bits per heavy atom. The number of carbonyl (C=O) groups excluding carboxylic acids is 1. The Morgan fingerprint density at radius 3 is 2.73 bits per heavy atom. The van der Waals surface area contributed by atoms with Gasteiger partial charge in [-0.05, 0) is 43.5 Å². The summed E-state index contributed by atoms with van der Waals surface area (Å²) < 4.78 is 6.61. The van der Waals surface area contributed by atoms with E-state index < -0.39 is 0 Å². The van der Waals surface area contributed by atoms with Gasteiger partial charge < -0.3 is 10.1 Å². The van der Waals surface area contributed by atoms with Crippen LogP contribution >= 0.6 is 0 Å². The van der Waals surface area contributed by atoms with Gasteiger partial charge >= 0.3 is 0 Å². The number of nitrogens with zero attached hydrogens (tertiary/aromatic N) is 1. The number of allylic oxidation sites excluding steroid dienone is 1. The van der Waals surface area contributed by atoms with Crippen LogP contribution in [0.1, 0.15) is 24.3 Å². The number of carbonyl (C=O) groups is 1. The molecule has 0 aliphatic heterocycles. The molecule has 1 aromatic carbocycles. The number of fused-ring (bicyclic) bond motifs is 1. The Balaban J connectivity index is 2.70. The van der Waals surface area contributed by atoms with E-state index in [1.165, 1.54) is 4.57 Å². The molecule has 0 saturated carbocycles. The third kappa shape index (κ3) is 3.03. The van der Waals surface area contributed by atoms with Gasteiger partial charge in [0.05, 0.1) is 7.11 Å². The molecule has 0 atom stereocenters. The SMILES string of the molecule is C=CCn1c(C(=O)NC(C)C)cc2cc(OC)ccc2c1=O. The zero-order valence-electron chi connectivity index (χ0n) is 13.1. The second-order valence-electron chi connectivity index (χ2n) is 5.32. The minimum Gasteiger partial charge on any atom is -0.497 e. The molecule has 0 aliphatic carbocycles. The van der Waals surface area contributed by atoms with Gasteiger partial charge in [0.15, 0.2) is 0 Å². The van der Waals surface area contributed by atoms with Gasteiger partial charge in [-0.25, -0.2) is 0 Å². The molecule has 0 aliphatic rings. The first-order valence-corrected chi connectivity index (χ1v) is 7.11. The zero-order chi connectivity index (χ0) is 16.3. The van der Waals surface area contributed by atoms with E-state index in [2.05, 4.69) is 11.9 Å². The normalized spacial score (nSPS) is 10.7. The van der Waals surface area contributed by atoms with Gasteiger partial charge in [0.1, 0.15) is 11.4 Å². The van der Waals surface area contributed by atoms with Crippen molar-refractivity contribution in [2.45, 2.75) is 26.4 Å². The van der Waals surface area contributed by atoms with Gasteiger partial charge in [-0.2, -0.15) is 0 Å². The van der Waals surface area contributed by atoms with Crippen LogP contribution < -0.4 is 15.6 Å². The Morgan fingerprint density at radius 1 is 1.41 bits per heavy atom. The molecule has 5 nitrogen and oxygen atoms in total. The summed E-state index contributed by atoms with van der Waals surface area (Å²) in [4.78, 5) is 25.0. The summed E-state index contributed by atoms with van der Waals surface area (Å²) in [6.45, 7) is 7.68. The lowest BCUT2D eigenvalue weighted by molar-refractivity contribution is 0.0933. The summed E-state index contributed by atoms with van der Waals surface area (Å²) in [5.41, 5.74) is 0.105. The molecular formula is C17H20N2O3. The number of aromatic nitrogens is 1. The highest BCUT2D eigenvalue weighted by Crippen LogP contribution is 2.19. The van der Waals surface area contributed by atoms with E-state index in [-0.39, 0.29) is 24.1 Å². The smallest absolute Gasteiger partial charge is 0.268 e. The van der Waals surface area contributed by atoms with Crippen molar-refractivity contribution in [3.63, 3.8) is 0 Å². The first-order chi connectivity index (χ1) is 10.5. The van der Waals surface area contributed by atoms with Crippen molar-refractivity contribution < 1.29 is 9.53 Å². The first-order valence-electron chi connectivity index (χ1n) is 7.11. The van der Waals surface area contributed by atoms with E-state index in [9.17, 15) is 9.59 Å². The summed E-state index contributed by atoms with van der Waals surface area (Å²) in [7, 11) is 1.56. The van der Waals surface area contributed by atoms with Gasteiger partial charge in [-0.1, -0.05) is 6.08 Å². The number of ether oxygens (including phenoxy) is 1. The number of benzene rings is 1. The van der Waals surface area contributed by atoms with Crippen molar-refractivity contribution in [3.8, 4) is 5.75 Å². The van der Waals surface area contributed by atoms with Crippen LogP contribution in [0.3, 0.4) is 0 Å². The van der Waals surface area contributed by atoms with Gasteiger partial charge in [0, 0.05) is 18.0 Å². The topological polar surface area (TPSA) is 60.3 Å². The third-order valence-corrected chi connectivity index (χ3v) is 3.28. The lowest BCUT2D eigenvalue weighted by atomic mass is 10.1. The molecule has 0 unspecified atom stereocenters. The van der Waals surface area contributed by atoms with Crippen molar-refractivity contribution in [1.82, 2.24) is 9.88 Å². The Bertz CT molecular complexity index is 775. The van der Waals surface area contributed by atoms with Crippen LogP contribution in [0.5, 0.6) is 5.75 Å².